The third kappa shape index (κ3) is 4.42. The van der Waals surface area contributed by atoms with Gasteiger partial charge in [0.05, 0.1) is 16.9 Å². The number of ether oxygens (including phenoxy) is 1. The summed E-state index contributed by atoms with van der Waals surface area (Å²) in [6.07, 6.45) is 0. The molecule has 0 saturated carbocycles. The molecule has 7 nitrogen and oxygen atoms in total. The number of aromatic nitrogens is 3. The van der Waals surface area contributed by atoms with Gasteiger partial charge in [-0.05, 0) is 52.0 Å². The van der Waals surface area contributed by atoms with E-state index in [-0.39, 0.29) is 18.2 Å². The smallest absolute Gasteiger partial charge is 0.274 e. The molecule has 7 heteroatoms. The van der Waals surface area contributed by atoms with Crippen LogP contribution < -0.4 is 10.1 Å². The standard InChI is InChI=1S/C25H26N4O3/c1-16-10-12-21(13-11-16)31-15-23-19(4)32-28-24(23)25(30)26-14-22-17(2)27-29(18(22)3)20-8-6-5-7-9-20/h5-13H,14-15H2,1-4H3,(H,26,30). The summed E-state index contributed by atoms with van der Waals surface area (Å²) in [5.41, 5.74) is 5.82. The van der Waals surface area contributed by atoms with Crippen LogP contribution in [0, 0.1) is 27.7 Å². The second kappa shape index (κ2) is 9.09. The largest absolute Gasteiger partial charge is 0.489 e. The van der Waals surface area contributed by atoms with E-state index in [1.807, 2.05) is 80.1 Å². The Morgan fingerprint density at radius 1 is 1.00 bits per heavy atom. The number of carbonyl (C=O) groups is 1. The Bertz CT molecular complexity index is 1220. The molecule has 0 spiro atoms. The average Bonchev–Trinajstić information content (AvgIpc) is 3.31. The molecule has 0 aliphatic heterocycles. The number of nitrogens with one attached hydrogen (secondary N) is 1. The van der Waals surface area contributed by atoms with Gasteiger partial charge in [0.2, 0.25) is 0 Å². The molecule has 32 heavy (non-hydrogen) atoms. The first-order valence-electron chi connectivity index (χ1n) is 10.5. The van der Waals surface area contributed by atoms with Crippen molar-refractivity contribution in [1.29, 1.82) is 0 Å². The maximum Gasteiger partial charge on any atom is 0.274 e. The van der Waals surface area contributed by atoms with Gasteiger partial charge in [-0.25, -0.2) is 4.68 Å². The van der Waals surface area contributed by atoms with Crippen molar-refractivity contribution in [2.75, 3.05) is 0 Å². The van der Waals surface area contributed by atoms with Gasteiger partial charge in [0.25, 0.3) is 5.91 Å². The molecule has 0 fully saturated rings. The molecule has 0 bridgehead atoms. The number of hydrogen-bond donors (Lipinski definition) is 1. The van der Waals surface area contributed by atoms with Crippen LogP contribution in [0.4, 0.5) is 0 Å². The van der Waals surface area contributed by atoms with Gasteiger partial charge in [-0.3, -0.25) is 4.79 Å². The summed E-state index contributed by atoms with van der Waals surface area (Å²) < 4.78 is 13.0. The monoisotopic (exact) mass is 430 g/mol. The molecule has 4 rings (SSSR count). The Morgan fingerprint density at radius 2 is 1.72 bits per heavy atom. The third-order valence-electron chi connectivity index (χ3n) is 5.47. The molecule has 0 saturated heterocycles. The van der Waals surface area contributed by atoms with Crippen molar-refractivity contribution in [2.24, 2.45) is 0 Å². The number of carbonyl (C=O) groups excluding carboxylic acids is 1. The van der Waals surface area contributed by atoms with Crippen LogP contribution in [0.15, 0.2) is 59.1 Å². The summed E-state index contributed by atoms with van der Waals surface area (Å²) in [5, 5.41) is 11.5. The van der Waals surface area contributed by atoms with Crippen molar-refractivity contribution in [2.45, 2.75) is 40.8 Å². The van der Waals surface area contributed by atoms with Crippen LogP contribution in [0.5, 0.6) is 5.75 Å². The fourth-order valence-corrected chi connectivity index (χ4v) is 3.53. The molecule has 1 amide bonds. The highest BCUT2D eigenvalue weighted by molar-refractivity contribution is 5.93. The Kier molecular flexibility index (Phi) is 6.07. The zero-order chi connectivity index (χ0) is 22.7. The number of para-hydroxylation sites is 1. The first-order valence-corrected chi connectivity index (χ1v) is 10.5. The van der Waals surface area contributed by atoms with E-state index in [2.05, 4.69) is 15.6 Å². The quantitative estimate of drug-likeness (QED) is 0.463. The van der Waals surface area contributed by atoms with Crippen LogP contribution >= 0.6 is 0 Å². The topological polar surface area (TPSA) is 82.2 Å². The maximum atomic E-state index is 12.9. The van der Waals surface area contributed by atoms with Gasteiger partial charge in [0, 0.05) is 17.8 Å². The van der Waals surface area contributed by atoms with Gasteiger partial charge in [-0.15, -0.1) is 0 Å². The number of amides is 1. The normalized spacial score (nSPS) is 10.9. The highest BCUT2D eigenvalue weighted by atomic mass is 16.5. The predicted octanol–water partition coefficient (Wildman–Crippen LogP) is 4.60. The summed E-state index contributed by atoms with van der Waals surface area (Å²) in [6.45, 7) is 8.27. The van der Waals surface area contributed by atoms with E-state index in [4.69, 9.17) is 9.26 Å². The third-order valence-corrected chi connectivity index (χ3v) is 5.47. The first-order chi connectivity index (χ1) is 15.4. The Morgan fingerprint density at radius 3 is 2.44 bits per heavy atom. The minimum absolute atomic E-state index is 0.200. The average molecular weight is 431 g/mol. The van der Waals surface area contributed by atoms with Crippen LogP contribution in [-0.4, -0.2) is 20.8 Å². The molecule has 2 aromatic carbocycles. The second-order valence-electron chi connectivity index (χ2n) is 7.75. The second-order valence-corrected chi connectivity index (χ2v) is 7.75. The van der Waals surface area contributed by atoms with Gasteiger partial charge in [-0.2, -0.15) is 5.10 Å². The van der Waals surface area contributed by atoms with Crippen LogP contribution in [0.25, 0.3) is 5.69 Å². The lowest BCUT2D eigenvalue weighted by Gasteiger charge is -2.08. The predicted molar refractivity (Wildman–Crippen MR) is 121 cm³/mol. The highest BCUT2D eigenvalue weighted by Crippen LogP contribution is 2.20. The van der Waals surface area contributed by atoms with Crippen LogP contribution in [0.3, 0.4) is 0 Å². The number of benzene rings is 2. The molecule has 164 valence electrons. The van der Waals surface area contributed by atoms with Gasteiger partial charge in [-0.1, -0.05) is 41.1 Å². The molecule has 4 aromatic rings. The van der Waals surface area contributed by atoms with Crippen molar-refractivity contribution in [3.63, 3.8) is 0 Å². The fraction of sp³-hybridized carbons (Fsp3) is 0.240. The summed E-state index contributed by atoms with van der Waals surface area (Å²) in [7, 11) is 0. The number of rotatable bonds is 7. The maximum absolute atomic E-state index is 12.9. The molecule has 0 atom stereocenters. The summed E-state index contributed by atoms with van der Waals surface area (Å²) in [6, 6.07) is 17.7. The number of nitrogens with zero attached hydrogens (tertiary/aromatic N) is 3. The van der Waals surface area contributed by atoms with Crippen molar-refractivity contribution in [3.05, 3.63) is 94.1 Å². The Labute approximate surface area is 187 Å². The van der Waals surface area contributed by atoms with Crippen LogP contribution in [0.1, 0.15) is 44.3 Å². The minimum Gasteiger partial charge on any atom is -0.489 e. The lowest BCUT2D eigenvalue weighted by Crippen LogP contribution is -2.25. The molecular formula is C25H26N4O3. The molecule has 2 heterocycles. The summed E-state index contributed by atoms with van der Waals surface area (Å²) >= 11 is 0. The molecule has 0 unspecified atom stereocenters. The summed E-state index contributed by atoms with van der Waals surface area (Å²) in [4.78, 5) is 12.9. The fourth-order valence-electron chi connectivity index (χ4n) is 3.53. The zero-order valence-corrected chi connectivity index (χ0v) is 18.7. The van der Waals surface area contributed by atoms with Gasteiger partial charge in [0.15, 0.2) is 5.69 Å². The van der Waals surface area contributed by atoms with Gasteiger partial charge >= 0.3 is 0 Å². The van der Waals surface area contributed by atoms with E-state index in [9.17, 15) is 4.79 Å². The van der Waals surface area contributed by atoms with Crippen molar-refractivity contribution >= 4 is 5.91 Å². The molecular weight excluding hydrogens is 404 g/mol. The van der Waals surface area contributed by atoms with Gasteiger partial charge in [0.1, 0.15) is 18.1 Å². The number of aryl methyl sites for hydroxylation is 3. The Hall–Kier alpha value is -3.87. The first kappa shape index (κ1) is 21.4. The Balaban J connectivity index is 1.46. The molecule has 0 aliphatic carbocycles. The molecule has 0 aliphatic rings. The molecule has 2 aromatic heterocycles. The van der Waals surface area contributed by atoms with E-state index >= 15 is 0 Å². The highest BCUT2D eigenvalue weighted by Gasteiger charge is 2.21. The van der Waals surface area contributed by atoms with E-state index in [1.54, 1.807) is 6.92 Å². The summed E-state index contributed by atoms with van der Waals surface area (Å²) in [5.74, 6) is 0.976. The SMILES string of the molecule is Cc1ccc(OCc2c(C(=O)NCc3c(C)nn(-c4ccccc4)c3C)noc2C)cc1. The van der Waals surface area contributed by atoms with Crippen molar-refractivity contribution < 1.29 is 14.1 Å². The van der Waals surface area contributed by atoms with Gasteiger partial charge < -0.3 is 14.6 Å². The van der Waals surface area contributed by atoms with E-state index in [1.165, 1.54) is 0 Å². The van der Waals surface area contributed by atoms with Crippen LogP contribution in [-0.2, 0) is 13.2 Å². The minimum atomic E-state index is -0.310. The lowest BCUT2D eigenvalue weighted by molar-refractivity contribution is 0.0939. The molecule has 0 radical (unpaired) electrons. The van der Waals surface area contributed by atoms with E-state index in [0.29, 0.717) is 17.9 Å². The van der Waals surface area contributed by atoms with Crippen LogP contribution in [0.2, 0.25) is 0 Å². The molecule has 1 N–H and O–H groups in total. The number of hydrogen-bond acceptors (Lipinski definition) is 5. The van der Waals surface area contributed by atoms with E-state index < -0.39 is 0 Å². The van der Waals surface area contributed by atoms with Crippen molar-refractivity contribution in [1.82, 2.24) is 20.3 Å². The lowest BCUT2D eigenvalue weighted by atomic mass is 10.1. The zero-order valence-electron chi connectivity index (χ0n) is 18.7. The van der Waals surface area contributed by atoms with Crippen molar-refractivity contribution in [3.8, 4) is 11.4 Å². The van der Waals surface area contributed by atoms with E-state index in [0.717, 1.165) is 34.0 Å².